The lowest BCUT2D eigenvalue weighted by Gasteiger charge is -2.06. The van der Waals surface area contributed by atoms with Crippen molar-refractivity contribution >= 4 is 27.7 Å². The molecule has 0 unspecified atom stereocenters. The fourth-order valence-electron chi connectivity index (χ4n) is 1.46. The zero-order chi connectivity index (χ0) is 13.5. The Balaban J connectivity index is 2.36. The number of hydrogen-bond donors (Lipinski definition) is 2. The van der Waals surface area contributed by atoms with Gasteiger partial charge in [-0.25, -0.2) is 0 Å². The van der Waals surface area contributed by atoms with E-state index in [9.17, 15) is 9.59 Å². The van der Waals surface area contributed by atoms with Gasteiger partial charge in [-0.15, -0.1) is 0 Å². The van der Waals surface area contributed by atoms with Gasteiger partial charge in [-0.2, -0.15) is 0 Å². The van der Waals surface area contributed by atoms with Crippen molar-refractivity contribution in [3.63, 3.8) is 0 Å². The molecule has 1 aromatic rings. The minimum Gasteiger partial charge on any atom is -0.370 e. The molecule has 98 valence electrons. The average Bonchev–Trinajstić information content (AvgIpc) is 2.31. The molecule has 0 aliphatic carbocycles. The molecule has 0 aliphatic rings. The molecular weight excluding hydrogens is 296 g/mol. The van der Waals surface area contributed by atoms with Gasteiger partial charge < -0.3 is 11.1 Å². The number of unbranched alkanes of at least 4 members (excludes halogenated alkanes) is 1. The molecule has 0 atom stereocenters. The third kappa shape index (κ3) is 4.87. The summed E-state index contributed by atoms with van der Waals surface area (Å²) in [6, 6.07) is 5.49. The van der Waals surface area contributed by atoms with Crippen molar-refractivity contribution in [1.82, 2.24) is 5.32 Å². The van der Waals surface area contributed by atoms with E-state index in [1.165, 1.54) is 0 Å². The van der Waals surface area contributed by atoms with E-state index in [0.29, 0.717) is 24.9 Å². The first-order valence-corrected chi connectivity index (χ1v) is 6.62. The second-order valence-corrected chi connectivity index (χ2v) is 5.00. The number of carbonyl (C=O) groups is 2. The van der Waals surface area contributed by atoms with Gasteiger partial charge in [-0.05, 0) is 37.5 Å². The van der Waals surface area contributed by atoms with Crippen LogP contribution < -0.4 is 11.1 Å². The SMILES string of the molecule is Cc1ccc(C(=O)NCCCCC(N)=O)cc1Br. The van der Waals surface area contributed by atoms with Crippen LogP contribution in [0, 0.1) is 6.92 Å². The standard InChI is InChI=1S/C13H17BrN2O2/c1-9-5-6-10(8-11(9)14)13(18)16-7-3-2-4-12(15)17/h5-6,8H,2-4,7H2,1H3,(H2,15,17)(H,16,18). The van der Waals surface area contributed by atoms with Gasteiger partial charge in [0.15, 0.2) is 0 Å². The molecule has 0 aliphatic heterocycles. The molecule has 0 spiro atoms. The normalized spacial score (nSPS) is 10.1. The Hall–Kier alpha value is -1.36. The highest BCUT2D eigenvalue weighted by Gasteiger charge is 2.06. The maximum Gasteiger partial charge on any atom is 0.251 e. The monoisotopic (exact) mass is 312 g/mol. The summed E-state index contributed by atoms with van der Waals surface area (Å²) < 4.78 is 0.920. The van der Waals surface area contributed by atoms with Crippen molar-refractivity contribution in [2.24, 2.45) is 5.73 Å². The highest BCUT2D eigenvalue weighted by molar-refractivity contribution is 9.10. The molecule has 3 N–H and O–H groups in total. The van der Waals surface area contributed by atoms with Crippen LogP contribution in [0.4, 0.5) is 0 Å². The summed E-state index contributed by atoms with van der Waals surface area (Å²) in [5.41, 5.74) is 6.74. The molecule has 0 heterocycles. The van der Waals surface area contributed by atoms with Crippen LogP contribution in [0.5, 0.6) is 0 Å². The van der Waals surface area contributed by atoms with E-state index in [4.69, 9.17) is 5.73 Å². The maximum absolute atomic E-state index is 11.8. The van der Waals surface area contributed by atoms with Gasteiger partial charge in [0, 0.05) is 23.0 Å². The van der Waals surface area contributed by atoms with Gasteiger partial charge >= 0.3 is 0 Å². The number of carbonyl (C=O) groups excluding carboxylic acids is 2. The van der Waals surface area contributed by atoms with Crippen LogP contribution in [0.3, 0.4) is 0 Å². The minimum absolute atomic E-state index is 0.102. The highest BCUT2D eigenvalue weighted by atomic mass is 79.9. The number of hydrogen-bond acceptors (Lipinski definition) is 2. The summed E-state index contributed by atoms with van der Waals surface area (Å²) in [6.45, 7) is 2.52. The van der Waals surface area contributed by atoms with E-state index in [1.807, 2.05) is 13.0 Å². The van der Waals surface area contributed by atoms with Crippen LogP contribution >= 0.6 is 15.9 Å². The zero-order valence-corrected chi connectivity index (χ0v) is 11.9. The van der Waals surface area contributed by atoms with E-state index >= 15 is 0 Å². The molecule has 5 heteroatoms. The molecule has 4 nitrogen and oxygen atoms in total. The fourth-order valence-corrected chi connectivity index (χ4v) is 1.84. The Kier molecular flexibility index (Phi) is 5.85. The first kappa shape index (κ1) is 14.7. The lowest BCUT2D eigenvalue weighted by Crippen LogP contribution is -2.24. The largest absolute Gasteiger partial charge is 0.370 e. The number of aryl methyl sites for hydroxylation is 1. The number of halogens is 1. The molecule has 2 amide bonds. The van der Waals surface area contributed by atoms with Gasteiger partial charge in [0.1, 0.15) is 0 Å². The maximum atomic E-state index is 11.8. The van der Waals surface area contributed by atoms with Crippen LogP contribution in [-0.2, 0) is 4.79 Å². The molecule has 1 aromatic carbocycles. The van der Waals surface area contributed by atoms with Crippen molar-refractivity contribution in [3.05, 3.63) is 33.8 Å². The van der Waals surface area contributed by atoms with Gasteiger partial charge in [0.2, 0.25) is 5.91 Å². The van der Waals surface area contributed by atoms with Crippen molar-refractivity contribution < 1.29 is 9.59 Å². The minimum atomic E-state index is -0.302. The van der Waals surface area contributed by atoms with Gasteiger partial charge in [-0.3, -0.25) is 9.59 Å². The van der Waals surface area contributed by atoms with E-state index in [-0.39, 0.29) is 11.8 Å². The second kappa shape index (κ2) is 7.16. The first-order chi connectivity index (χ1) is 8.50. The molecule has 0 aromatic heterocycles. The van der Waals surface area contributed by atoms with Crippen LogP contribution in [0.1, 0.15) is 35.2 Å². The molecule has 0 radical (unpaired) electrons. The summed E-state index contributed by atoms with van der Waals surface area (Å²) >= 11 is 3.39. The summed E-state index contributed by atoms with van der Waals surface area (Å²) in [5.74, 6) is -0.404. The quantitative estimate of drug-likeness (QED) is 0.790. The number of primary amides is 1. The Labute approximate surface area is 115 Å². The second-order valence-electron chi connectivity index (χ2n) is 4.14. The van der Waals surface area contributed by atoms with E-state index < -0.39 is 0 Å². The van der Waals surface area contributed by atoms with Crippen molar-refractivity contribution in [2.45, 2.75) is 26.2 Å². The molecule has 18 heavy (non-hydrogen) atoms. The van der Waals surface area contributed by atoms with Crippen LogP contribution in [-0.4, -0.2) is 18.4 Å². The Morgan fingerprint density at radius 3 is 2.67 bits per heavy atom. The summed E-state index contributed by atoms with van der Waals surface area (Å²) in [5, 5.41) is 2.81. The van der Waals surface area contributed by atoms with Gasteiger partial charge in [-0.1, -0.05) is 22.0 Å². The van der Waals surface area contributed by atoms with Crippen LogP contribution in [0.2, 0.25) is 0 Å². The number of amides is 2. The average molecular weight is 313 g/mol. The molecule has 0 saturated carbocycles. The third-order valence-electron chi connectivity index (χ3n) is 2.57. The Bertz CT molecular complexity index is 447. The molecular formula is C13H17BrN2O2. The molecule has 0 bridgehead atoms. The zero-order valence-electron chi connectivity index (χ0n) is 10.3. The molecule has 0 saturated heterocycles. The smallest absolute Gasteiger partial charge is 0.251 e. The highest BCUT2D eigenvalue weighted by Crippen LogP contribution is 2.17. The number of benzene rings is 1. The predicted octanol–water partition coefficient (Wildman–Crippen LogP) is 2.14. The Morgan fingerprint density at radius 1 is 1.33 bits per heavy atom. The summed E-state index contributed by atoms with van der Waals surface area (Å²) in [4.78, 5) is 22.3. The predicted molar refractivity (Wildman–Crippen MR) is 74.3 cm³/mol. The number of nitrogens with one attached hydrogen (secondary N) is 1. The van der Waals surface area contributed by atoms with Gasteiger partial charge in [0.05, 0.1) is 0 Å². The lowest BCUT2D eigenvalue weighted by molar-refractivity contribution is -0.118. The topological polar surface area (TPSA) is 72.2 Å². The third-order valence-corrected chi connectivity index (χ3v) is 3.42. The van der Waals surface area contributed by atoms with E-state index in [2.05, 4.69) is 21.2 Å². The fraction of sp³-hybridized carbons (Fsp3) is 0.385. The van der Waals surface area contributed by atoms with E-state index in [1.54, 1.807) is 12.1 Å². The number of nitrogens with two attached hydrogens (primary N) is 1. The van der Waals surface area contributed by atoms with Crippen LogP contribution in [0.15, 0.2) is 22.7 Å². The lowest BCUT2D eigenvalue weighted by atomic mass is 10.1. The molecule has 1 rings (SSSR count). The van der Waals surface area contributed by atoms with Crippen molar-refractivity contribution in [2.75, 3.05) is 6.54 Å². The number of rotatable bonds is 6. The summed E-state index contributed by atoms with van der Waals surface area (Å²) in [7, 11) is 0. The molecule has 0 fully saturated rings. The summed E-state index contributed by atoms with van der Waals surface area (Å²) in [6.07, 6.45) is 1.82. The van der Waals surface area contributed by atoms with Crippen LogP contribution in [0.25, 0.3) is 0 Å². The van der Waals surface area contributed by atoms with Gasteiger partial charge in [0.25, 0.3) is 5.91 Å². The Morgan fingerprint density at radius 2 is 2.06 bits per heavy atom. The van der Waals surface area contributed by atoms with E-state index in [0.717, 1.165) is 16.5 Å². The first-order valence-electron chi connectivity index (χ1n) is 5.83. The van der Waals surface area contributed by atoms with Crippen molar-refractivity contribution in [3.8, 4) is 0 Å². The van der Waals surface area contributed by atoms with Crippen molar-refractivity contribution in [1.29, 1.82) is 0 Å².